The Balaban J connectivity index is 1.26. The third-order valence-electron chi connectivity index (χ3n) is 4.65. The van der Waals surface area contributed by atoms with Gasteiger partial charge in [0.1, 0.15) is 17.3 Å². The second-order valence-corrected chi connectivity index (χ2v) is 6.83. The van der Waals surface area contributed by atoms with Crippen LogP contribution in [0.3, 0.4) is 0 Å². The van der Waals surface area contributed by atoms with Crippen LogP contribution in [0.5, 0.6) is 11.8 Å². The van der Waals surface area contributed by atoms with Gasteiger partial charge in [-0.25, -0.2) is 9.97 Å². The topological polar surface area (TPSA) is 77.2 Å². The van der Waals surface area contributed by atoms with Crippen molar-refractivity contribution < 1.29 is 13.9 Å². The first-order chi connectivity index (χ1) is 13.2. The number of aryl methyl sites for hydroxylation is 1. The van der Waals surface area contributed by atoms with Gasteiger partial charge in [-0.15, -0.1) is 0 Å². The van der Waals surface area contributed by atoms with Crippen LogP contribution in [0.2, 0.25) is 0 Å². The van der Waals surface area contributed by atoms with Crippen molar-refractivity contribution in [1.29, 1.82) is 0 Å². The maximum absolute atomic E-state index is 12.2. The van der Waals surface area contributed by atoms with Gasteiger partial charge in [-0.3, -0.25) is 4.79 Å². The predicted molar refractivity (Wildman–Crippen MR) is 101 cm³/mol. The molecule has 138 valence electrons. The van der Waals surface area contributed by atoms with Crippen LogP contribution >= 0.6 is 0 Å². The summed E-state index contributed by atoms with van der Waals surface area (Å²) in [5, 5.41) is 2.88. The molecular formula is C21H21N3O3. The van der Waals surface area contributed by atoms with E-state index in [2.05, 4.69) is 22.2 Å². The Bertz CT molecular complexity index is 906. The van der Waals surface area contributed by atoms with E-state index in [0.29, 0.717) is 36.1 Å². The van der Waals surface area contributed by atoms with E-state index in [1.54, 1.807) is 42.7 Å². The molecule has 3 aromatic rings. The summed E-state index contributed by atoms with van der Waals surface area (Å²) in [5.41, 5.74) is 0.716. The lowest BCUT2D eigenvalue weighted by atomic mass is 10.2. The molecule has 27 heavy (non-hydrogen) atoms. The van der Waals surface area contributed by atoms with Gasteiger partial charge in [-0.05, 0) is 54.8 Å². The highest BCUT2D eigenvalue weighted by atomic mass is 16.5. The van der Waals surface area contributed by atoms with E-state index >= 15 is 0 Å². The largest absolute Gasteiger partial charge is 0.466 e. The van der Waals surface area contributed by atoms with Crippen LogP contribution in [0.4, 0.5) is 5.69 Å². The van der Waals surface area contributed by atoms with Crippen LogP contribution in [0, 0.1) is 5.92 Å². The molecule has 4 rings (SSSR count). The fourth-order valence-corrected chi connectivity index (χ4v) is 2.96. The number of carbonyl (C=O) groups is 1. The van der Waals surface area contributed by atoms with Gasteiger partial charge in [0.2, 0.25) is 5.91 Å². The summed E-state index contributed by atoms with van der Waals surface area (Å²) in [4.78, 5) is 20.2. The minimum atomic E-state index is -0.0483. The van der Waals surface area contributed by atoms with E-state index in [1.807, 2.05) is 12.1 Å². The van der Waals surface area contributed by atoms with Crippen molar-refractivity contribution in [3.05, 3.63) is 66.4 Å². The lowest BCUT2D eigenvalue weighted by Crippen LogP contribution is -2.12. The van der Waals surface area contributed by atoms with Gasteiger partial charge < -0.3 is 14.5 Å². The molecule has 0 radical (unpaired) electrons. The summed E-state index contributed by atoms with van der Waals surface area (Å²) in [6.07, 6.45) is 5.40. The molecule has 0 bridgehead atoms. The van der Waals surface area contributed by atoms with E-state index in [-0.39, 0.29) is 11.9 Å². The van der Waals surface area contributed by atoms with Crippen molar-refractivity contribution in [3.8, 4) is 11.8 Å². The Morgan fingerprint density at radius 1 is 1.19 bits per heavy atom. The Hall–Kier alpha value is -3.15. The van der Waals surface area contributed by atoms with Crippen LogP contribution in [-0.4, -0.2) is 15.9 Å². The molecule has 0 saturated heterocycles. The summed E-state index contributed by atoms with van der Waals surface area (Å²) in [7, 11) is 0. The summed E-state index contributed by atoms with van der Waals surface area (Å²) >= 11 is 0. The molecule has 6 nitrogen and oxygen atoms in total. The molecule has 1 aromatic carbocycles. The second-order valence-electron chi connectivity index (χ2n) is 6.83. The zero-order valence-electron chi connectivity index (χ0n) is 15.1. The van der Waals surface area contributed by atoms with Crippen molar-refractivity contribution in [2.75, 3.05) is 5.32 Å². The number of furan rings is 1. The maximum Gasteiger partial charge on any atom is 0.321 e. The molecule has 1 N–H and O–H groups in total. The fourth-order valence-electron chi connectivity index (χ4n) is 2.96. The second kappa shape index (κ2) is 7.61. The number of nitrogens with zero attached hydrogens (tertiary/aromatic N) is 2. The van der Waals surface area contributed by atoms with Crippen molar-refractivity contribution in [2.24, 2.45) is 5.92 Å². The van der Waals surface area contributed by atoms with Gasteiger partial charge in [-0.1, -0.05) is 6.92 Å². The molecule has 0 aliphatic heterocycles. The number of hydrogen-bond acceptors (Lipinski definition) is 5. The lowest BCUT2D eigenvalue weighted by molar-refractivity contribution is -0.116. The van der Waals surface area contributed by atoms with Crippen molar-refractivity contribution in [2.45, 2.75) is 32.1 Å². The van der Waals surface area contributed by atoms with Crippen molar-refractivity contribution in [1.82, 2.24) is 9.97 Å². The standard InChI is InChI=1S/C21H21N3O3/c1-14-13-18(14)19-9-7-16(26-19)8-10-20(25)24-15-3-5-17(6-4-15)27-21-22-11-2-12-23-21/h2-7,9,11-12,14,18H,8,10,13H2,1H3,(H,24,25). The number of amides is 1. The monoisotopic (exact) mass is 363 g/mol. The number of nitrogens with one attached hydrogen (secondary N) is 1. The highest BCUT2D eigenvalue weighted by molar-refractivity contribution is 5.90. The number of benzene rings is 1. The minimum absolute atomic E-state index is 0.0483. The van der Waals surface area contributed by atoms with E-state index in [1.165, 1.54) is 6.42 Å². The van der Waals surface area contributed by atoms with E-state index in [0.717, 1.165) is 11.5 Å². The molecule has 2 unspecified atom stereocenters. The maximum atomic E-state index is 12.2. The van der Waals surface area contributed by atoms with Gasteiger partial charge in [0.25, 0.3) is 0 Å². The minimum Gasteiger partial charge on any atom is -0.466 e. The Morgan fingerprint density at radius 3 is 2.63 bits per heavy atom. The smallest absolute Gasteiger partial charge is 0.321 e. The first kappa shape index (κ1) is 17.3. The van der Waals surface area contributed by atoms with Crippen LogP contribution < -0.4 is 10.1 Å². The molecule has 0 spiro atoms. The van der Waals surface area contributed by atoms with E-state index in [9.17, 15) is 4.79 Å². The number of carbonyl (C=O) groups excluding carboxylic acids is 1. The third kappa shape index (κ3) is 4.53. The van der Waals surface area contributed by atoms with E-state index in [4.69, 9.17) is 9.15 Å². The van der Waals surface area contributed by atoms with Crippen molar-refractivity contribution >= 4 is 11.6 Å². The van der Waals surface area contributed by atoms with Gasteiger partial charge in [0, 0.05) is 36.8 Å². The lowest BCUT2D eigenvalue weighted by Gasteiger charge is -2.07. The average molecular weight is 363 g/mol. The summed E-state index contributed by atoms with van der Waals surface area (Å²) in [5.74, 6) is 3.76. The van der Waals surface area contributed by atoms with Crippen LogP contribution in [0.15, 0.2) is 59.3 Å². The first-order valence-electron chi connectivity index (χ1n) is 9.11. The van der Waals surface area contributed by atoms with Crippen LogP contribution in [0.1, 0.15) is 37.2 Å². The summed E-state index contributed by atoms with van der Waals surface area (Å²) in [6.45, 7) is 2.23. The zero-order valence-corrected chi connectivity index (χ0v) is 15.1. The van der Waals surface area contributed by atoms with Gasteiger partial charge in [0.15, 0.2) is 0 Å². The Kier molecular flexibility index (Phi) is 4.87. The van der Waals surface area contributed by atoms with Gasteiger partial charge in [0.05, 0.1) is 0 Å². The molecule has 2 aromatic heterocycles. The normalized spacial score (nSPS) is 18.1. The average Bonchev–Trinajstić information content (AvgIpc) is 3.23. The predicted octanol–water partition coefficient (Wildman–Crippen LogP) is 4.56. The van der Waals surface area contributed by atoms with Gasteiger partial charge in [-0.2, -0.15) is 0 Å². The van der Waals surface area contributed by atoms with Gasteiger partial charge >= 0.3 is 6.01 Å². The number of anilines is 1. The molecule has 6 heteroatoms. The third-order valence-corrected chi connectivity index (χ3v) is 4.65. The highest BCUT2D eigenvalue weighted by Crippen LogP contribution is 2.47. The van der Waals surface area contributed by atoms with Crippen molar-refractivity contribution in [3.63, 3.8) is 0 Å². The molecule has 2 heterocycles. The number of rotatable bonds is 7. The first-order valence-corrected chi connectivity index (χ1v) is 9.11. The molecule has 1 aliphatic rings. The SMILES string of the molecule is CC1CC1c1ccc(CCC(=O)Nc2ccc(Oc3ncccn3)cc2)o1. The molecule has 1 amide bonds. The quantitative estimate of drug-likeness (QED) is 0.666. The Morgan fingerprint density at radius 2 is 1.93 bits per heavy atom. The molecule has 1 aliphatic carbocycles. The number of hydrogen-bond donors (Lipinski definition) is 1. The molecule has 1 fully saturated rings. The fraction of sp³-hybridized carbons (Fsp3) is 0.286. The number of ether oxygens (including phenoxy) is 1. The van der Waals surface area contributed by atoms with Crippen LogP contribution in [-0.2, 0) is 11.2 Å². The molecule has 1 saturated carbocycles. The van der Waals surface area contributed by atoms with Crippen LogP contribution in [0.25, 0.3) is 0 Å². The highest BCUT2D eigenvalue weighted by Gasteiger charge is 2.36. The van der Waals surface area contributed by atoms with E-state index < -0.39 is 0 Å². The number of aromatic nitrogens is 2. The molecular weight excluding hydrogens is 342 g/mol. The summed E-state index contributed by atoms with van der Waals surface area (Å²) < 4.78 is 11.4. The zero-order chi connectivity index (χ0) is 18.6. The summed E-state index contributed by atoms with van der Waals surface area (Å²) in [6, 6.07) is 13.1. The Labute approximate surface area is 157 Å². The molecule has 2 atom stereocenters.